The van der Waals surface area contributed by atoms with Gasteiger partial charge in [-0.1, -0.05) is 15.9 Å². The van der Waals surface area contributed by atoms with Crippen molar-refractivity contribution in [3.05, 3.63) is 28.0 Å². The van der Waals surface area contributed by atoms with Crippen LogP contribution < -0.4 is 4.72 Å². The molecule has 0 saturated carbocycles. The highest BCUT2D eigenvalue weighted by Crippen LogP contribution is 2.24. The number of carbonyl (C=O) groups is 1. The zero-order valence-corrected chi connectivity index (χ0v) is 12.6. The molecule has 1 unspecified atom stereocenters. The lowest BCUT2D eigenvalue weighted by molar-refractivity contribution is 0.0691. The van der Waals surface area contributed by atoms with E-state index in [9.17, 15) is 17.6 Å². The molecule has 108 valence electrons. The van der Waals surface area contributed by atoms with Crippen LogP contribution >= 0.6 is 15.9 Å². The number of aromatic carboxylic acids is 1. The van der Waals surface area contributed by atoms with Gasteiger partial charge in [-0.25, -0.2) is 22.3 Å². The molecule has 0 amide bonds. The van der Waals surface area contributed by atoms with E-state index in [4.69, 9.17) is 10.4 Å². The third kappa shape index (κ3) is 3.75. The minimum atomic E-state index is -4.24. The maximum atomic E-state index is 13.9. The van der Waals surface area contributed by atoms with Crippen LogP contribution in [-0.2, 0) is 10.0 Å². The number of hydrogen-bond acceptors (Lipinski definition) is 4. The van der Waals surface area contributed by atoms with Crippen LogP contribution in [0.25, 0.3) is 0 Å². The lowest BCUT2D eigenvalue weighted by atomic mass is 10.2. The average Bonchev–Trinajstić information content (AvgIpc) is 2.37. The van der Waals surface area contributed by atoms with Crippen LogP contribution in [0.1, 0.15) is 17.3 Å². The Balaban J connectivity index is 3.26. The van der Waals surface area contributed by atoms with Crippen LogP contribution in [0.4, 0.5) is 4.39 Å². The first-order chi connectivity index (χ1) is 9.19. The largest absolute Gasteiger partial charge is 0.478 e. The second-order valence-electron chi connectivity index (χ2n) is 3.95. The normalized spacial score (nSPS) is 12.7. The zero-order valence-electron chi connectivity index (χ0n) is 10.2. The van der Waals surface area contributed by atoms with E-state index in [1.165, 1.54) is 6.92 Å². The Hall–Kier alpha value is -1.50. The van der Waals surface area contributed by atoms with E-state index in [2.05, 4.69) is 20.7 Å². The van der Waals surface area contributed by atoms with Crippen molar-refractivity contribution in [2.45, 2.75) is 11.8 Å². The topological polar surface area (TPSA) is 107 Å². The molecule has 0 heterocycles. The molecule has 0 aliphatic rings. The summed E-state index contributed by atoms with van der Waals surface area (Å²) < 4.78 is 39.9. The summed E-state index contributed by atoms with van der Waals surface area (Å²) in [7, 11) is -4.24. The molecule has 0 spiro atoms. The molecule has 1 rings (SSSR count). The second-order valence-corrected chi connectivity index (χ2v) is 6.60. The summed E-state index contributed by atoms with van der Waals surface area (Å²) in [6.07, 6.45) is 0. The van der Waals surface area contributed by atoms with E-state index < -0.39 is 38.2 Å². The molecule has 0 fully saturated rings. The first-order valence-electron chi connectivity index (χ1n) is 5.30. The first-order valence-corrected chi connectivity index (χ1v) is 7.58. The fourth-order valence-electron chi connectivity index (χ4n) is 1.27. The summed E-state index contributed by atoms with van der Waals surface area (Å²) in [5.74, 6) is -3.53. The summed E-state index contributed by atoms with van der Waals surface area (Å²) in [6, 6.07) is 3.75. The first kappa shape index (κ1) is 16.6. The van der Waals surface area contributed by atoms with Gasteiger partial charge in [-0.05, 0) is 19.1 Å². The molecule has 0 aliphatic carbocycles. The lowest BCUT2D eigenvalue weighted by Crippen LogP contribution is -2.29. The standard InChI is InChI=1S/C11H10BrFN2O4S/c1-6(4-14)5-15-20(18,19)9-3-7(12)2-8(10(9)13)11(16)17/h2-3,6,15H,5H2,1H3,(H,16,17). The second kappa shape index (κ2) is 6.30. The van der Waals surface area contributed by atoms with Crippen LogP contribution in [-0.4, -0.2) is 26.0 Å². The Morgan fingerprint density at radius 1 is 1.60 bits per heavy atom. The number of nitrogens with zero attached hydrogens (tertiary/aromatic N) is 1. The number of benzene rings is 1. The highest BCUT2D eigenvalue weighted by molar-refractivity contribution is 9.10. The molecule has 0 aliphatic heterocycles. The fourth-order valence-corrected chi connectivity index (χ4v) is 3.14. The molecule has 1 aromatic carbocycles. The summed E-state index contributed by atoms with van der Waals surface area (Å²) in [6.45, 7) is 1.29. The van der Waals surface area contributed by atoms with Crippen molar-refractivity contribution < 1.29 is 22.7 Å². The van der Waals surface area contributed by atoms with Gasteiger partial charge in [0.1, 0.15) is 4.90 Å². The number of carboxylic acids is 1. The van der Waals surface area contributed by atoms with Crippen molar-refractivity contribution >= 4 is 31.9 Å². The predicted octanol–water partition coefficient (Wildman–Crippen LogP) is 1.72. The summed E-state index contributed by atoms with van der Waals surface area (Å²) in [4.78, 5) is 10.1. The van der Waals surface area contributed by atoms with Gasteiger partial charge < -0.3 is 5.11 Å². The van der Waals surface area contributed by atoms with Gasteiger partial charge in [0.15, 0.2) is 5.82 Å². The maximum absolute atomic E-state index is 13.9. The molecular weight excluding hydrogens is 355 g/mol. The number of nitriles is 1. The van der Waals surface area contributed by atoms with Crippen molar-refractivity contribution in [1.29, 1.82) is 5.26 Å². The highest BCUT2D eigenvalue weighted by atomic mass is 79.9. The number of hydrogen-bond donors (Lipinski definition) is 2. The smallest absolute Gasteiger partial charge is 0.338 e. The molecule has 9 heteroatoms. The Labute approximate surface area is 123 Å². The molecule has 0 radical (unpaired) electrons. The van der Waals surface area contributed by atoms with Gasteiger partial charge >= 0.3 is 5.97 Å². The minimum Gasteiger partial charge on any atom is -0.478 e. The third-order valence-electron chi connectivity index (χ3n) is 2.32. The zero-order chi connectivity index (χ0) is 15.5. The Bertz CT molecular complexity index is 684. The molecule has 2 N–H and O–H groups in total. The van der Waals surface area contributed by atoms with Crippen LogP contribution in [0.5, 0.6) is 0 Å². The maximum Gasteiger partial charge on any atom is 0.338 e. The molecule has 6 nitrogen and oxygen atoms in total. The van der Waals surface area contributed by atoms with Crippen molar-refractivity contribution in [2.75, 3.05) is 6.54 Å². The van der Waals surface area contributed by atoms with E-state index >= 15 is 0 Å². The van der Waals surface area contributed by atoms with E-state index in [-0.39, 0.29) is 11.0 Å². The fraction of sp³-hybridized carbons (Fsp3) is 0.273. The average molecular weight is 365 g/mol. The van der Waals surface area contributed by atoms with Crippen LogP contribution in [0.2, 0.25) is 0 Å². The van der Waals surface area contributed by atoms with Crippen LogP contribution in [0, 0.1) is 23.1 Å². The van der Waals surface area contributed by atoms with E-state index in [0.29, 0.717) is 0 Å². The molecule has 20 heavy (non-hydrogen) atoms. The Morgan fingerprint density at radius 2 is 2.20 bits per heavy atom. The molecule has 0 aromatic heterocycles. The van der Waals surface area contributed by atoms with Gasteiger partial charge in [0.05, 0.1) is 17.6 Å². The summed E-state index contributed by atoms with van der Waals surface area (Å²) in [5, 5.41) is 17.4. The molecule has 0 saturated heterocycles. The lowest BCUT2D eigenvalue weighted by Gasteiger charge is -2.10. The van der Waals surface area contributed by atoms with E-state index in [1.54, 1.807) is 0 Å². The molecule has 0 bridgehead atoms. The van der Waals surface area contributed by atoms with Gasteiger partial charge in [-0.15, -0.1) is 0 Å². The highest BCUT2D eigenvalue weighted by Gasteiger charge is 2.25. The number of rotatable bonds is 5. The van der Waals surface area contributed by atoms with Gasteiger partial charge in [-0.2, -0.15) is 5.26 Å². The van der Waals surface area contributed by atoms with Crippen molar-refractivity contribution in [3.8, 4) is 6.07 Å². The van der Waals surface area contributed by atoms with Crippen molar-refractivity contribution in [2.24, 2.45) is 5.92 Å². The molecule has 1 aromatic rings. The number of halogens is 2. The van der Waals surface area contributed by atoms with E-state index in [0.717, 1.165) is 12.1 Å². The minimum absolute atomic E-state index is 0.116. The summed E-state index contributed by atoms with van der Waals surface area (Å²) in [5.41, 5.74) is -0.756. The quantitative estimate of drug-likeness (QED) is 0.826. The number of nitrogens with one attached hydrogen (secondary N) is 1. The Morgan fingerprint density at radius 3 is 2.70 bits per heavy atom. The Kier molecular flexibility index (Phi) is 5.21. The van der Waals surface area contributed by atoms with Crippen molar-refractivity contribution in [1.82, 2.24) is 4.72 Å². The van der Waals surface area contributed by atoms with Gasteiger partial charge in [0, 0.05) is 11.0 Å². The SMILES string of the molecule is CC(C#N)CNS(=O)(=O)c1cc(Br)cc(C(=O)O)c1F. The van der Waals surface area contributed by atoms with Gasteiger partial charge in [0.25, 0.3) is 0 Å². The number of sulfonamides is 1. The molecule has 1 atom stereocenters. The van der Waals surface area contributed by atoms with Gasteiger partial charge in [0.2, 0.25) is 10.0 Å². The molecular formula is C11H10BrFN2O4S. The number of carboxylic acid groups (broad SMARTS) is 1. The van der Waals surface area contributed by atoms with Crippen molar-refractivity contribution in [3.63, 3.8) is 0 Å². The third-order valence-corrected chi connectivity index (χ3v) is 4.20. The monoisotopic (exact) mass is 364 g/mol. The predicted molar refractivity (Wildman–Crippen MR) is 71.0 cm³/mol. The van der Waals surface area contributed by atoms with Crippen LogP contribution in [0.3, 0.4) is 0 Å². The van der Waals surface area contributed by atoms with Crippen LogP contribution in [0.15, 0.2) is 21.5 Å². The van der Waals surface area contributed by atoms with Gasteiger partial charge in [-0.3, -0.25) is 0 Å². The summed E-state index contributed by atoms with van der Waals surface area (Å²) >= 11 is 2.93. The van der Waals surface area contributed by atoms with E-state index in [1.807, 2.05) is 6.07 Å².